The van der Waals surface area contributed by atoms with Crippen LogP contribution in [-0.2, 0) is 4.79 Å². The maximum atomic E-state index is 12.3. The van der Waals surface area contributed by atoms with Crippen molar-refractivity contribution in [3.05, 3.63) is 53.6 Å². The Morgan fingerprint density at radius 2 is 1.96 bits per heavy atom. The number of hydrogen-bond acceptors (Lipinski definition) is 4. The van der Waals surface area contributed by atoms with Gasteiger partial charge in [0.05, 0.1) is 6.54 Å². The second-order valence-corrected chi connectivity index (χ2v) is 6.33. The molecule has 0 saturated heterocycles. The van der Waals surface area contributed by atoms with Crippen molar-refractivity contribution in [3.63, 3.8) is 0 Å². The van der Waals surface area contributed by atoms with Crippen LogP contribution < -0.4 is 14.2 Å². The van der Waals surface area contributed by atoms with Gasteiger partial charge in [-0.2, -0.15) is 0 Å². The molecule has 132 valence electrons. The van der Waals surface area contributed by atoms with Crippen LogP contribution >= 0.6 is 0 Å². The van der Waals surface area contributed by atoms with E-state index in [1.165, 1.54) is 0 Å². The van der Waals surface area contributed by atoms with Crippen LogP contribution in [0.2, 0.25) is 0 Å². The molecule has 0 aromatic heterocycles. The van der Waals surface area contributed by atoms with Crippen LogP contribution in [0.4, 0.5) is 0 Å². The number of benzene rings is 2. The summed E-state index contributed by atoms with van der Waals surface area (Å²) >= 11 is 0. The molecule has 1 aliphatic rings. The lowest BCUT2D eigenvalue weighted by atomic mass is 10.1. The number of amides is 1. The summed E-state index contributed by atoms with van der Waals surface area (Å²) < 4.78 is 17.3. The van der Waals surface area contributed by atoms with Gasteiger partial charge in [0, 0.05) is 7.05 Å². The molecule has 1 heterocycles. The van der Waals surface area contributed by atoms with Crippen LogP contribution in [0.25, 0.3) is 0 Å². The van der Waals surface area contributed by atoms with Gasteiger partial charge in [-0.3, -0.25) is 4.79 Å². The smallest absolute Gasteiger partial charge is 0.260 e. The van der Waals surface area contributed by atoms with Crippen LogP contribution in [-0.4, -0.2) is 43.7 Å². The van der Waals surface area contributed by atoms with Crippen molar-refractivity contribution in [1.29, 1.82) is 0 Å². The quantitative estimate of drug-likeness (QED) is 0.839. The zero-order chi connectivity index (χ0) is 17.8. The summed E-state index contributed by atoms with van der Waals surface area (Å²) in [4.78, 5) is 14.0. The average Bonchev–Trinajstić information content (AvgIpc) is 2.62. The lowest BCUT2D eigenvalue weighted by molar-refractivity contribution is -0.133. The molecular weight excluding hydrogens is 318 g/mol. The Hall–Kier alpha value is -2.69. The highest BCUT2D eigenvalue weighted by atomic mass is 16.6. The Balaban J connectivity index is 1.52. The van der Waals surface area contributed by atoms with Crippen molar-refractivity contribution >= 4 is 5.91 Å². The number of nitrogens with zero attached hydrogens (tertiary/aromatic N) is 1. The van der Waals surface area contributed by atoms with Crippen LogP contribution in [0, 0.1) is 13.8 Å². The molecule has 1 unspecified atom stereocenters. The van der Waals surface area contributed by atoms with Crippen molar-refractivity contribution in [3.8, 4) is 17.2 Å². The normalized spacial score (nSPS) is 15.6. The lowest BCUT2D eigenvalue weighted by Crippen LogP contribution is -2.43. The van der Waals surface area contributed by atoms with Gasteiger partial charge in [0.25, 0.3) is 5.91 Å². The van der Waals surface area contributed by atoms with E-state index in [2.05, 4.69) is 0 Å². The summed E-state index contributed by atoms with van der Waals surface area (Å²) in [6, 6.07) is 13.5. The van der Waals surface area contributed by atoms with E-state index in [0.717, 1.165) is 22.6 Å². The molecule has 0 aliphatic carbocycles. The Morgan fingerprint density at radius 3 is 2.76 bits per heavy atom. The lowest BCUT2D eigenvalue weighted by Gasteiger charge is -2.29. The molecule has 2 aromatic carbocycles. The van der Waals surface area contributed by atoms with E-state index in [-0.39, 0.29) is 18.6 Å². The van der Waals surface area contributed by atoms with Crippen molar-refractivity contribution in [1.82, 2.24) is 4.90 Å². The van der Waals surface area contributed by atoms with Gasteiger partial charge < -0.3 is 19.1 Å². The first-order valence-corrected chi connectivity index (χ1v) is 8.35. The van der Waals surface area contributed by atoms with Gasteiger partial charge in [0.2, 0.25) is 0 Å². The second kappa shape index (κ2) is 7.47. The third-order valence-corrected chi connectivity index (χ3v) is 4.17. The van der Waals surface area contributed by atoms with Crippen LogP contribution in [0.15, 0.2) is 42.5 Å². The summed E-state index contributed by atoms with van der Waals surface area (Å²) in [5, 5.41) is 0. The molecule has 0 spiro atoms. The number of para-hydroxylation sites is 2. The number of ether oxygens (including phenoxy) is 3. The highest BCUT2D eigenvalue weighted by Gasteiger charge is 2.23. The highest BCUT2D eigenvalue weighted by molar-refractivity contribution is 5.77. The number of aryl methyl sites for hydroxylation is 2. The number of carbonyl (C=O) groups is 1. The van der Waals surface area contributed by atoms with Gasteiger partial charge in [-0.1, -0.05) is 24.3 Å². The molecule has 0 bridgehead atoms. The standard InChI is InChI=1S/C20H23NO4/c1-14-8-9-15(2)19(10-14)24-13-20(22)21(3)11-16-12-23-17-6-4-5-7-18(17)25-16/h4-10,16H,11-13H2,1-3H3. The van der Waals surface area contributed by atoms with E-state index in [0.29, 0.717) is 18.9 Å². The Bertz CT molecular complexity index is 759. The molecule has 1 aliphatic heterocycles. The topological polar surface area (TPSA) is 48.0 Å². The van der Waals surface area contributed by atoms with E-state index in [9.17, 15) is 4.79 Å². The van der Waals surface area contributed by atoms with Crippen molar-refractivity contribution in [2.24, 2.45) is 0 Å². The summed E-state index contributed by atoms with van der Waals surface area (Å²) in [6.07, 6.45) is -0.190. The average molecular weight is 341 g/mol. The fourth-order valence-corrected chi connectivity index (χ4v) is 2.67. The molecule has 1 atom stereocenters. The fourth-order valence-electron chi connectivity index (χ4n) is 2.67. The minimum atomic E-state index is -0.190. The third-order valence-electron chi connectivity index (χ3n) is 4.17. The van der Waals surface area contributed by atoms with Gasteiger partial charge in [-0.15, -0.1) is 0 Å². The van der Waals surface area contributed by atoms with E-state index in [1.54, 1.807) is 11.9 Å². The maximum absolute atomic E-state index is 12.3. The minimum absolute atomic E-state index is 0.00492. The second-order valence-electron chi connectivity index (χ2n) is 6.33. The van der Waals surface area contributed by atoms with Crippen LogP contribution in [0.3, 0.4) is 0 Å². The first kappa shape index (κ1) is 17.1. The molecule has 0 N–H and O–H groups in total. The number of likely N-dealkylation sites (N-methyl/N-ethyl adjacent to an activating group) is 1. The Kier molecular flexibility index (Phi) is 5.12. The maximum Gasteiger partial charge on any atom is 0.260 e. The molecule has 3 rings (SSSR count). The highest BCUT2D eigenvalue weighted by Crippen LogP contribution is 2.30. The summed E-state index contributed by atoms with van der Waals surface area (Å²) in [5.41, 5.74) is 2.12. The third kappa shape index (κ3) is 4.24. The SMILES string of the molecule is Cc1ccc(C)c(OCC(=O)N(C)CC2COc3ccccc3O2)c1. The van der Waals surface area contributed by atoms with E-state index in [1.807, 2.05) is 56.3 Å². The molecule has 25 heavy (non-hydrogen) atoms. The molecule has 0 radical (unpaired) electrons. The zero-order valence-electron chi connectivity index (χ0n) is 14.8. The molecular formula is C20H23NO4. The number of rotatable bonds is 5. The first-order chi connectivity index (χ1) is 12.0. The number of hydrogen-bond donors (Lipinski definition) is 0. The Labute approximate surface area is 148 Å². The van der Waals surface area contributed by atoms with Crippen LogP contribution in [0.1, 0.15) is 11.1 Å². The molecule has 1 amide bonds. The summed E-state index contributed by atoms with van der Waals surface area (Å²) in [5.74, 6) is 2.11. The largest absolute Gasteiger partial charge is 0.486 e. The van der Waals surface area contributed by atoms with E-state index < -0.39 is 0 Å². The van der Waals surface area contributed by atoms with E-state index in [4.69, 9.17) is 14.2 Å². The van der Waals surface area contributed by atoms with Gasteiger partial charge in [-0.05, 0) is 43.2 Å². The molecule has 0 saturated carbocycles. The Morgan fingerprint density at radius 1 is 1.20 bits per heavy atom. The van der Waals surface area contributed by atoms with E-state index >= 15 is 0 Å². The molecule has 5 heteroatoms. The van der Waals surface area contributed by atoms with Crippen molar-refractivity contribution < 1.29 is 19.0 Å². The van der Waals surface area contributed by atoms with Crippen molar-refractivity contribution in [2.75, 3.05) is 26.8 Å². The fraction of sp³-hybridized carbons (Fsp3) is 0.350. The predicted molar refractivity (Wildman–Crippen MR) is 95.4 cm³/mol. The van der Waals surface area contributed by atoms with Gasteiger partial charge in [0.1, 0.15) is 12.4 Å². The zero-order valence-corrected chi connectivity index (χ0v) is 14.8. The first-order valence-electron chi connectivity index (χ1n) is 8.35. The van der Waals surface area contributed by atoms with Crippen LogP contribution in [0.5, 0.6) is 17.2 Å². The monoisotopic (exact) mass is 341 g/mol. The summed E-state index contributed by atoms with van der Waals surface area (Å²) in [6.45, 7) is 4.84. The predicted octanol–water partition coefficient (Wildman–Crippen LogP) is 2.98. The number of fused-ring (bicyclic) bond motifs is 1. The van der Waals surface area contributed by atoms with Crippen molar-refractivity contribution in [2.45, 2.75) is 20.0 Å². The summed E-state index contributed by atoms with van der Waals surface area (Å²) in [7, 11) is 1.75. The minimum Gasteiger partial charge on any atom is -0.486 e. The van der Waals surface area contributed by atoms with Gasteiger partial charge in [-0.25, -0.2) is 0 Å². The van der Waals surface area contributed by atoms with Gasteiger partial charge in [0.15, 0.2) is 24.2 Å². The van der Waals surface area contributed by atoms with Gasteiger partial charge >= 0.3 is 0 Å². The molecule has 5 nitrogen and oxygen atoms in total. The molecule has 2 aromatic rings. The molecule has 0 fully saturated rings. The number of carbonyl (C=O) groups excluding carboxylic acids is 1.